The Morgan fingerprint density at radius 3 is 2.26 bits per heavy atom. The summed E-state index contributed by atoms with van der Waals surface area (Å²) in [5.41, 5.74) is 1.13. The predicted octanol–water partition coefficient (Wildman–Crippen LogP) is 2.87. The van der Waals surface area contributed by atoms with E-state index >= 15 is 0 Å². The Morgan fingerprint density at radius 2 is 1.84 bits per heavy atom. The lowest BCUT2D eigenvalue weighted by molar-refractivity contribution is 0.0659. The molecule has 1 aromatic rings. The van der Waals surface area contributed by atoms with Crippen LogP contribution in [-0.2, 0) is 12.8 Å². The summed E-state index contributed by atoms with van der Waals surface area (Å²) in [4.78, 5) is 11.5. The molecule has 0 spiro atoms. The van der Waals surface area contributed by atoms with Crippen LogP contribution < -0.4 is 4.74 Å². The Morgan fingerprint density at radius 1 is 1.21 bits per heavy atom. The number of nitrogens with zero attached hydrogens (tertiary/aromatic N) is 2. The lowest BCUT2D eigenvalue weighted by Crippen LogP contribution is -2.29. The predicted molar refractivity (Wildman–Crippen MR) is 72.7 cm³/mol. The van der Waals surface area contributed by atoms with Gasteiger partial charge in [-0.2, -0.15) is 5.10 Å². The smallest absolute Gasteiger partial charge is 0.341 e. The van der Waals surface area contributed by atoms with Crippen molar-refractivity contribution in [2.75, 3.05) is 0 Å². The van der Waals surface area contributed by atoms with Gasteiger partial charge in [0, 0.05) is 0 Å². The molecule has 5 heteroatoms. The molecular formula is C14H22N2O3. The molecule has 0 aliphatic carbocycles. The van der Waals surface area contributed by atoms with Gasteiger partial charge in [0.1, 0.15) is 11.2 Å². The van der Waals surface area contributed by atoms with Gasteiger partial charge in [-0.05, 0) is 38.7 Å². The van der Waals surface area contributed by atoms with E-state index in [4.69, 9.17) is 4.74 Å². The molecule has 1 rings (SSSR count). The number of carboxylic acids is 1. The number of aryl methyl sites for hydroxylation is 1. The lowest BCUT2D eigenvalue weighted by atomic mass is 10.0. The van der Waals surface area contributed by atoms with E-state index in [-0.39, 0.29) is 11.4 Å². The minimum Gasteiger partial charge on any atom is -0.477 e. The Kier molecular flexibility index (Phi) is 4.86. The topological polar surface area (TPSA) is 72.3 Å². The van der Waals surface area contributed by atoms with E-state index in [1.54, 1.807) is 0 Å². The van der Waals surface area contributed by atoms with Crippen LogP contribution in [0.4, 0.5) is 0 Å². The van der Waals surface area contributed by atoms with Crippen molar-refractivity contribution in [3.05, 3.63) is 16.8 Å². The monoisotopic (exact) mass is 266 g/mol. The Labute approximate surface area is 114 Å². The van der Waals surface area contributed by atoms with Gasteiger partial charge in [-0.3, -0.25) is 0 Å². The molecule has 0 saturated carbocycles. The first-order valence-electron chi connectivity index (χ1n) is 6.67. The standard InChI is InChI=1S/C14H22N2O3/c1-6-9-10(7-2)15-16-12(11(9)13(17)18)19-14(4,5)8-3/h6-8H2,1-5H3,(H,17,18). The average Bonchev–Trinajstić information content (AvgIpc) is 2.37. The first-order chi connectivity index (χ1) is 8.86. The van der Waals surface area contributed by atoms with Gasteiger partial charge >= 0.3 is 5.97 Å². The van der Waals surface area contributed by atoms with Gasteiger partial charge in [0.2, 0.25) is 5.88 Å². The molecule has 0 fully saturated rings. The van der Waals surface area contributed by atoms with Crippen molar-refractivity contribution in [1.29, 1.82) is 0 Å². The van der Waals surface area contributed by atoms with Gasteiger partial charge in [-0.1, -0.05) is 20.8 Å². The summed E-state index contributed by atoms with van der Waals surface area (Å²) >= 11 is 0. The molecule has 106 valence electrons. The molecular weight excluding hydrogens is 244 g/mol. The molecule has 1 N–H and O–H groups in total. The van der Waals surface area contributed by atoms with Gasteiger partial charge < -0.3 is 9.84 Å². The second-order valence-electron chi connectivity index (χ2n) is 5.03. The van der Waals surface area contributed by atoms with E-state index < -0.39 is 11.6 Å². The summed E-state index contributed by atoms with van der Waals surface area (Å²) in [7, 11) is 0. The SMILES string of the molecule is CCc1nnc(OC(C)(C)CC)c(C(=O)O)c1CC. The van der Waals surface area contributed by atoms with Gasteiger partial charge in [0.05, 0.1) is 5.69 Å². The van der Waals surface area contributed by atoms with Crippen molar-refractivity contribution in [1.82, 2.24) is 10.2 Å². The quantitative estimate of drug-likeness (QED) is 0.857. The minimum absolute atomic E-state index is 0.119. The number of aromatic carboxylic acids is 1. The van der Waals surface area contributed by atoms with Crippen molar-refractivity contribution in [2.45, 2.75) is 59.5 Å². The second kappa shape index (κ2) is 5.99. The summed E-state index contributed by atoms with van der Waals surface area (Å²) in [6.45, 7) is 9.64. The number of ether oxygens (including phenoxy) is 1. The first-order valence-corrected chi connectivity index (χ1v) is 6.67. The summed E-state index contributed by atoms with van der Waals surface area (Å²) in [5.74, 6) is -0.892. The largest absolute Gasteiger partial charge is 0.477 e. The highest BCUT2D eigenvalue weighted by molar-refractivity contribution is 5.92. The molecule has 1 heterocycles. The highest BCUT2D eigenvalue weighted by atomic mass is 16.5. The third kappa shape index (κ3) is 3.43. The summed E-state index contributed by atoms with van der Waals surface area (Å²) in [6.07, 6.45) is 2.02. The third-order valence-corrected chi connectivity index (χ3v) is 3.25. The normalized spacial score (nSPS) is 11.4. The maximum absolute atomic E-state index is 11.5. The van der Waals surface area contributed by atoms with Crippen LogP contribution in [0, 0.1) is 0 Å². The maximum Gasteiger partial charge on any atom is 0.341 e. The van der Waals surface area contributed by atoms with Crippen LogP contribution in [0.25, 0.3) is 0 Å². The van der Waals surface area contributed by atoms with Crippen molar-refractivity contribution >= 4 is 5.97 Å². The van der Waals surface area contributed by atoms with Crippen LogP contribution in [0.5, 0.6) is 5.88 Å². The molecule has 0 atom stereocenters. The highest BCUT2D eigenvalue weighted by Gasteiger charge is 2.26. The molecule has 0 radical (unpaired) electrons. The highest BCUT2D eigenvalue weighted by Crippen LogP contribution is 2.27. The Hall–Kier alpha value is -1.65. The van der Waals surface area contributed by atoms with Gasteiger partial charge in [0.25, 0.3) is 0 Å². The molecule has 0 unspecified atom stereocenters. The third-order valence-electron chi connectivity index (χ3n) is 3.25. The number of aromatic nitrogens is 2. The number of hydrogen-bond donors (Lipinski definition) is 1. The maximum atomic E-state index is 11.5. The Bertz CT molecular complexity index is 470. The van der Waals surface area contributed by atoms with Crippen LogP contribution >= 0.6 is 0 Å². The van der Waals surface area contributed by atoms with Crippen LogP contribution in [0.15, 0.2) is 0 Å². The van der Waals surface area contributed by atoms with E-state index in [0.29, 0.717) is 18.4 Å². The van der Waals surface area contributed by atoms with Crippen LogP contribution in [0.2, 0.25) is 0 Å². The molecule has 19 heavy (non-hydrogen) atoms. The van der Waals surface area contributed by atoms with Crippen LogP contribution in [0.1, 0.15) is 62.7 Å². The van der Waals surface area contributed by atoms with Gasteiger partial charge in [-0.15, -0.1) is 5.10 Å². The van der Waals surface area contributed by atoms with E-state index in [1.807, 2.05) is 34.6 Å². The molecule has 0 aromatic carbocycles. The number of rotatable bonds is 6. The van der Waals surface area contributed by atoms with Gasteiger partial charge in [0.15, 0.2) is 0 Å². The van der Waals surface area contributed by atoms with Crippen molar-refractivity contribution in [2.24, 2.45) is 0 Å². The fourth-order valence-electron chi connectivity index (χ4n) is 1.78. The molecule has 1 aromatic heterocycles. The molecule has 0 aliphatic heterocycles. The Balaban J connectivity index is 3.36. The van der Waals surface area contributed by atoms with Crippen molar-refractivity contribution in [3.8, 4) is 5.88 Å². The van der Waals surface area contributed by atoms with Crippen LogP contribution in [-0.4, -0.2) is 26.9 Å². The summed E-state index contributed by atoms with van der Waals surface area (Å²) < 4.78 is 5.73. The zero-order valence-electron chi connectivity index (χ0n) is 12.3. The summed E-state index contributed by atoms with van der Waals surface area (Å²) in [6, 6.07) is 0. The minimum atomic E-state index is -1.01. The van der Waals surface area contributed by atoms with Gasteiger partial charge in [-0.25, -0.2) is 4.79 Å². The van der Waals surface area contributed by atoms with E-state index in [9.17, 15) is 9.90 Å². The lowest BCUT2D eigenvalue weighted by Gasteiger charge is -2.25. The van der Waals surface area contributed by atoms with Crippen molar-refractivity contribution in [3.63, 3.8) is 0 Å². The molecule has 5 nitrogen and oxygen atoms in total. The van der Waals surface area contributed by atoms with E-state index in [0.717, 1.165) is 12.1 Å². The first kappa shape index (κ1) is 15.4. The number of hydrogen-bond acceptors (Lipinski definition) is 4. The average molecular weight is 266 g/mol. The fourth-order valence-corrected chi connectivity index (χ4v) is 1.78. The fraction of sp³-hybridized carbons (Fsp3) is 0.643. The van der Waals surface area contributed by atoms with E-state index in [2.05, 4.69) is 10.2 Å². The molecule has 0 amide bonds. The second-order valence-corrected chi connectivity index (χ2v) is 5.03. The van der Waals surface area contributed by atoms with Crippen LogP contribution in [0.3, 0.4) is 0 Å². The molecule has 0 aliphatic rings. The zero-order valence-corrected chi connectivity index (χ0v) is 12.3. The van der Waals surface area contributed by atoms with Crippen molar-refractivity contribution < 1.29 is 14.6 Å². The number of carbonyl (C=O) groups is 1. The summed E-state index contributed by atoms with van der Waals surface area (Å²) in [5, 5.41) is 17.5. The number of carboxylic acid groups (broad SMARTS) is 1. The van der Waals surface area contributed by atoms with E-state index in [1.165, 1.54) is 0 Å². The zero-order chi connectivity index (χ0) is 14.6. The molecule has 0 saturated heterocycles. The molecule has 0 bridgehead atoms.